The molecule has 146 valence electrons. The van der Waals surface area contributed by atoms with Gasteiger partial charge in [0.15, 0.2) is 0 Å². The highest BCUT2D eigenvalue weighted by Crippen LogP contribution is 2.39. The van der Waals surface area contributed by atoms with Crippen molar-refractivity contribution in [3.8, 4) is 0 Å². The summed E-state index contributed by atoms with van der Waals surface area (Å²) in [6.07, 6.45) is 2.87. The Morgan fingerprint density at radius 1 is 1.21 bits per heavy atom. The molecule has 29 heavy (non-hydrogen) atoms. The van der Waals surface area contributed by atoms with Crippen LogP contribution in [-0.2, 0) is 17.8 Å². The molecule has 0 bridgehead atoms. The Labute approximate surface area is 173 Å². The molecular formula is C23H22N4OS. The number of pyridine rings is 1. The van der Waals surface area contributed by atoms with Gasteiger partial charge in [-0.15, -0.1) is 11.3 Å². The van der Waals surface area contributed by atoms with Crippen molar-refractivity contribution in [1.82, 2.24) is 14.9 Å². The summed E-state index contributed by atoms with van der Waals surface area (Å²) in [7, 11) is 0. The lowest BCUT2D eigenvalue weighted by atomic mass is 9.95. The number of rotatable bonds is 4. The van der Waals surface area contributed by atoms with Crippen molar-refractivity contribution in [3.05, 3.63) is 82.6 Å². The molecule has 4 aromatic rings. The second kappa shape index (κ2) is 7.46. The lowest BCUT2D eigenvalue weighted by Crippen LogP contribution is -2.35. The zero-order valence-electron chi connectivity index (χ0n) is 16.2. The third-order valence-corrected chi connectivity index (χ3v) is 6.41. The maximum Gasteiger partial charge on any atom is 0.221 e. The molecule has 0 saturated carbocycles. The number of aromatic nitrogens is 2. The smallest absolute Gasteiger partial charge is 0.221 e. The van der Waals surface area contributed by atoms with Gasteiger partial charge in [0.05, 0.1) is 16.7 Å². The molecule has 1 aliphatic rings. The molecule has 1 unspecified atom stereocenters. The monoisotopic (exact) mass is 402 g/mol. The van der Waals surface area contributed by atoms with E-state index < -0.39 is 0 Å². The second-order valence-electron chi connectivity index (χ2n) is 7.39. The first-order valence-electron chi connectivity index (χ1n) is 9.80. The fourth-order valence-electron chi connectivity index (χ4n) is 4.24. The van der Waals surface area contributed by atoms with E-state index in [0.29, 0.717) is 0 Å². The van der Waals surface area contributed by atoms with Crippen LogP contribution in [0.4, 0.5) is 5.00 Å². The van der Waals surface area contributed by atoms with Gasteiger partial charge in [-0.25, -0.2) is 0 Å². The highest BCUT2D eigenvalue weighted by molar-refractivity contribution is 7.16. The normalized spacial score (nSPS) is 16.7. The van der Waals surface area contributed by atoms with Crippen molar-refractivity contribution in [1.29, 1.82) is 0 Å². The number of nitrogens with one attached hydrogen (secondary N) is 2. The number of amides is 1. The fourth-order valence-corrected chi connectivity index (χ4v) is 5.22. The Morgan fingerprint density at radius 2 is 2.07 bits per heavy atom. The summed E-state index contributed by atoms with van der Waals surface area (Å²) in [4.78, 5) is 23.4. The maximum atomic E-state index is 11.3. The number of anilines is 1. The predicted molar refractivity (Wildman–Crippen MR) is 117 cm³/mol. The van der Waals surface area contributed by atoms with Gasteiger partial charge < -0.3 is 10.3 Å². The lowest BCUT2D eigenvalue weighted by molar-refractivity contribution is -0.114. The van der Waals surface area contributed by atoms with Crippen LogP contribution in [0.3, 0.4) is 0 Å². The standard InChI is InChI=1S/C23H22N4OS/c1-15(28)25-21-10-9-16(29-21)14-27-13-11-18-17-6-2-3-7-19(17)26-22(18)23(27)20-8-4-5-12-24-20/h2-10,12,23,26H,11,13-14H2,1H3,(H,25,28). The molecule has 0 spiro atoms. The van der Waals surface area contributed by atoms with Gasteiger partial charge in [-0.05, 0) is 42.3 Å². The molecule has 5 rings (SSSR count). The van der Waals surface area contributed by atoms with Crippen molar-refractivity contribution in [3.63, 3.8) is 0 Å². The summed E-state index contributed by atoms with van der Waals surface area (Å²) in [5.41, 5.74) is 4.88. The van der Waals surface area contributed by atoms with Gasteiger partial charge in [-0.1, -0.05) is 24.3 Å². The zero-order chi connectivity index (χ0) is 19.8. The molecular weight excluding hydrogens is 380 g/mol. The first-order chi connectivity index (χ1) is 14.2. The Hall–Kier alpha value is -2.96. The highest BCUT2D eigenvalue weighted by Gasteiger charge is 2.32. The largest absolute Gasteiger partial charge is 0.357 e. The summed E-state index contributed by atoms with van der Waals surface area (Å²) in [5, 5.41) is 5.09. The molecule has 0 radical (unpaired) electrons. The molecule has 2 N–H and O–H groups in total. The summed E-state index contributed by atoms with van der Waals surface area (Å²) < 4.78 is 0. The van der Waals surface area contributed by atoms with Crippen LogP contribution in [0.25, 0.3) is 10.9 Å². The summed E-state index contributed by atoms with van der Waals surface area (Å²) in [6, 6.07) is 18.8. The number of thiophene rings is 1. The van der Waals surface area contributed by atoms with Crippen LogP contribution in [0.15, 0.2) is 60.8 Å². The fraction of sp³-hybridized carbons (Fsp3) is 0.217. The van der Waals surface area contributed by atoms with Gasteiger partial charge >= 0.3 is 0 Å². The quantitative estimate of drug-likeness (QED) is 0.519. The van der Waals surface area contributed by atoms with Crippen molar-refractivity contribution >= 4 is 33.1 Å². The van der Waals surface area contributed by atoms with E-state index in [-0.39, 0.29) is 11.9 Å². The molecule has 0 saturated heterocycles. The Bertz CT molecular complexity index is 1160. The SMILES string of the molecule is CC(=O)Nc1ccc(CN2CCc3c([nH]c4ccccc34)C2c2ccccn2)s1. The van der Waals surface area contributed by atoms with E-state index in [1.165, 1.54) is 27.0 Å². The van der Waals surface area contributed by atoms with Crippen LogP contribution >= 0.6 is 11.3 Å². The number of carbonyl (C=O) groups excluding carboxylic acids is 1. The van der Waals surface area contributed by atoms with Crippen LogP contribution < -0.4 is 5.32 Å². The number of carbonyl (C=O) groups is 1. The van der Waals surface area contributed by atoms with Crippen LogP contribution in [-0.4, -0.2) is 27.3 Å². The van der Waals surface area contributed by atoms with Gasteiger partial charge in [0.1, 0.15) is 0 Å². The Morgan fingerprint density at radius 3 is 2.90 bits per heavy atom. The van der Waals surface area contributed by atoms with Gasteiger partial charge in [0.25, 0.3) is 0 Å². The Balaban J connectivity index is 1.53. The first kappa shape index (κ1) is 18.1. The van der Waals surface area contributed by atoms with E-state index in [1.54, 1.807) is 18.3 Å². The predicted octanol–water partition coefficient (Wildman–Crippen LogP) is 4.73. The van der Waals surface area contributed by atoms with Gasteiger partial charge in [0, 0.05) is 47.7 Å². The van der Waals surface area contributed by atoms with Crippen molar-refractivity contribution in [2.24, 2.45) is 0 Å². The third-order valence-electron chi connectivity index (χ3n) is 5.42. The average Bonchev–Trinajstić information content (AvgIpc) is 3.32. The van der Waals surface area contributed by atoms with Crippen molar-refractivity contribution in [2.75, 3.05) is 11.9 Å². The van der Waals surface area contributed by atoms with Crippen molar-refractivity contribution < 1.29 is 4.79 Å². The number of fused-ring (bicyclic) bond motifs is 3. The number of H-pyrrole nitrogens is 1. The zero-order valence-corrected chi connectivity index (χ0v) is 17.0. The van der Waals surface area contributed by atoms with Crippen LogP contribution in [0.2, 0.25) is 0 Å². The molecule has 0 fully saturated rings. The molecule has 4 heterocycles. The second-order valence-corrected chi connectivity index (χ2v) is 8.56. The maximum absolute atomic E-state index is 11.3. The van der Waals surface area contributed by atoms with Crippen molar-refractivity contribution in [2.45, 2.75) is 25.9 Å². The molecule has 1 aliphatic heterocycles. The summed E-state index contributed by atoms with van der Waals surface area (Å²) in [5.74, 6) is -0.0366. The lowest BCUT2D eigenvalue weighted by Gasteiger charge is -2.35. The third kappa shape index (κ3) is 3.45. The molecule has 0 aliphatic carbocycles. The molecule has 1 aromatic carbocycles. The molecule has 3 aromatic heterocycles. The number of hydrogen-bond acceptors (Lipinski definition) is 4. The van der Waals surface area contributed by atoms with E-state index in [2.05, 4.69) is 57.7 Å². The van der Waals surface area contributed by atoms with E-state index in [4.69, 9.17) is 4.98 Å². The number of benzene rings is 1. The van der Waals surface area contributed by atoms with Crippen LogP contribution in [0.1, 0.15) is 34.8 Å². The molecule has 1 atom stereocenters. The summed E-state index contributed by atoms with van der Waals surface area (Å²) in [6.45, 7) is 3.32. The van der Waals surface area contributed by atoms with Gasteiger partial charge in [-0.3, -0.25) is 14.7 Å². The van der Waals surface area contributed by atoms with Crippen LogP contribution in [0, 0.1) is 0 Å². The number of nitrogens with zero attached hydrogens (tertiary/aromatic N) is 2. The Kier molecular flexibility index (Phi) is 4.66. The van der Waals surface area contributed by atoms with Gasteiger partial charge in [0.2, 0.25) is 5.91 Å². The molecule has 5 nitrogen and oxygen atoms in total. The minimum absolute atomic E-state index is 0.0366. The number of aromatic amines is 1. The van der Waals surface area contributed by atoms with Crippen LogP contribution in [0.5, 0.6) is 0 Å². The van der Waals surface area contributed by atoms with E-state index in [0.717, 1.165) is 30.2 Å². The summed E-state index contributed by atoms with van der Waals surface area (Å²) >= 11 is 1.63. The van der Waals surface area contributed by atoms with E-state index in [1.807, 2.05) is 18.3 Å². The highest BCUT2D eigenvalue weighted by atomic mass is 32.1. The first-order valence-corrected chi connectivity index (χ1v) is 10.6. The van der Waals surface area contributed by atoms with Gasteiger partial charge in [-0.2, -0.15) is 0 Å². The minimum atomic E-state index is -0.0366. The molecule has 6 heteroatoms. The minimum Gasteiger partial charge on any atom is -0.357 e. The molecule has 1 amide bonds. The average molecular weight is 403 g/mol. The number of hydrogen-bond donors (Lipinski definition) is 2. The van der Waals surface area contributed by atoms with E-state index in [9.17, 15) is 4.79 Å². The number of para-hydroxylation sites is 1. The van der Waals surface area contributed by atoms with E-state index >= 15 is 0 Å². The topological polar surface area (TPSA) is 61.0 Å².